The minimum Gasteiger partial charge on any atom is -0.478 e. The average molecular weight is 287 g/mol. The third-order valence-corrected chi connectivity index (χ3v) is 2.78. The number of esters is 2. The normalized spacial score (nSPS) is 10.1. The van der Waals surface area contributed by atoms with Crippen LogP contribution >= 0.6 is 11.6 Å². The first-order chi connectivity index (χ1) is 8.93. The topological polar surface area (TPSA) is 89.9 Å². The molecule has 0 saturated carbocycles. The summed E-state index contributed by atoms with van der Waals surface area (Å²) in [5.74, 6) is -4.73. The molecule has 0 aliphatic heterocycles. The molecule has 6 nitrogen and oxygen atoms in total. The van der Waals surface area contributed by atoms with Crippen molar-refractivity contribution in [3.63, 3.8) is 0 Å². The van der Waals surface area contributed by atoms with Gasteiger partial charge >= 0.3 is 17.9 Å². The number of halogens is 1. The van der Waals surface area contributed by atoms with Crippen LogP contribution in [0.2, 0.25) is 5.02 Å². The van der Waals surface area contributed by atoms with Gasteiger partial charge in [0, 0.05) is 10.6 Å². The summed E-state index contributed by atoms with van der Waals surface area (Å²) in [6, 6.07) is 4.02. The van der Waals surface area contributed by atoms with Crippen molar-refractivity contribution in [2.24, 2.45) is 0 Å². The van der Waals surface area contributed by atoms with Gasteiger partial charge in [-0.05, 0) is 12.1 Å². The van der Waals surface area contributed by atoms with E-state index in [2.05, 4.69) is 9.47 Å². The Balaban J connectivity index is 3.49. The number of hydrogen-bond acceptors (Lipinski definition) is 5. The Labute approximate surface area is 113 Å². The first kappa shape index (κ1) is 15.0. The summed E-state index contributed by atoms with van der Waals surface area (Å²) < 4.78 is 8.98. The van der Waals surface area contributed by atoms with Gasteiger partial charge in [0.25, 0.3) is 0 Å². The van der Waals surface area contributed by atoms with Crippen molar-refractivity contribution in [1.82, 2.24) is 0 Å². The van der Waals surface area contributed by atoms with Gasteiger partial charge in [-0.2, -0.15) is 0 Å². The van der Waals surface area contributed by atoms with Gasteiger partial charge in [0.2, 0.25) is 0 Å². The molecule has 0 fully saturated rings. The molecule has 1 rings (SSSR count). The molecule has 7 heteroatoms. The van der Waals surface area contributed by atoms with E-state index in [1.54, 1.807) is 0 Å². The van der Waals surface area contributed by atoms with Crippen LogP contribution < -0.4 is 0 Å². The summed E-state index contributed by atoms with van der Waals surface area (Å²) in [4.78, 5) is 34.5. The Kier molecular flexibility index (Phi) is 4.88. The second kappa shape index (κ2) is 6.19. The van der Waals surface area contributed by atoms with Crippen molar-refractivity contribution in [1.29, 1.82) is 0 Å². The maximum absolute atomic E-state index is 11.7. The predicted molar refractivity (Wildman–Crippen MR) is 65.2 cm³/mol. The summed E-state index contributed by atoms with van der Waals surface area (Å²) in [6.07, 6.45) is 0. The number of carbonyl (C=O) groups excluding carboxylic acids is 2. The molecule has 0 heterocycles. The predicted octanol–water partition coefficient (Wildman–Crippen LogP) is 1.47. The van der Waals surface area contributed by atoms with Crippen molar-refractivity contribution in [2.75, 3.05) is 14.2 Å². The maximum Gasteiger partial charge on any atom is 0.336 e. The molecule has 102 valence electrons. The molecule has 0 unspecified atom stereocenters. The highest BCUT2D eigenvalue weighted by Crippen LogP contribution is 2.30. The number of carboxylic acid groups (broad SMARTS) is 1. The molecule has 0 saturated heterocycles. The lowest BCUT2D eigenvalue weighted by Gasteiger charge is -2.16. The number of ether oxygens (including phenoxy) is 2. The fourth-order valence-electron chi connectivity index (χ4n) is 1.58. The highest BCUT2D eigenvalue weighted by atomic mass is 35.5. The third kappa shape index (κ3) is 3.03. The summed E-state index contributed by atoms with van der Waals surface area (Å²) in [5, 5.41) is 9.06. The van der Waals surface area contributed by atoms with Gasteiger partial charge in [-0.1, -0.05) is 17.7 Å². The Bertz CT molecular complexity index is 509. The van der Waals surface area contributed by atoms with Gasteiger partial charge in [0.15, 0.2) is 5.92 Å². The molecule has 1 N–H and O–H groups in total. The second-order valence-corrected chi connectivity index (χ2v) is 3.89. The van der Waals surface area contributed by atoms with E-state index in [-0.39, 0.29) is 16.1 Å². The number of benzene rings is 1. The molecule has 19 heavy (non-hydrogen) atoms. The van der Waals surface area contributed by atoms with Crippen LogP contribution in [0.3, 0.4) is 0 Å². The molecule has 0 radical (unpaired) electrons. The summed E-state index contributed by atoms with van der Waals surface area (Å²) >= 11 is 5.89. The van der Waals surface area contributed by atoms with Crippen molar-refractivity contribution < 1.29 is 29.0 Å². The first-order valence-electron chi connectivity index (χ1n) is 5.11. The van der Waals surface area contributed by atoms with E-state index in [4.69, 9.17) is 16.7 Å². The number of hydrogen-bond donors (Lipinski definition) is 1. The molecule has 1 aromatic carbocycles. The fraction of sp³-hybridized carbons (Fsp3) is 0.250. The zero-order valence-electron chi connectivity index (χ0n) is 10.2. The lowest BCUT2D eigenvalue weighted by Crippen LogP contribution is -2.26. The van der Waals surface area contributed by atoms with E-state index in [0.717, 1.165) is 14.2 Å². The summed E-state index contributed by atoms with van der Waals surface area (Å²) in [5.41, 5.74) is -0.399. The Morgan fingerprint density at radius 2 is 1.68 bits per heavy atom. The summed E-state index contributed by atoms with van der Waals surface area (Å²) in [7, 11) is 2.16. The molecule has 0 bridgehead atoms. The SMILES string of the molecule is COC(=O)C(C(=O)OC)c1c(Cl)cccc1C(=O)O. The zero-order valence-corrected chi connectivity index (χ0v) is 10.9. The molecule has 0 atom stereocenters. The van der Waals surface area contributed by atoms with Gasteiger partial charge in [-0.3, -0.25) is 9.59 Å². The van der Waals surface area contributed by atoms with Crippen LogP contribution in [0.1, 0.15) is 21.8 Å². The van der Waals surface area contributed by atoms with Crippen LogP contribution in [0.15, 0.2) is 18.2 Å². The largest absolute Gasteiger partial charge is 0.478 e. The fourth-order valence-corrected chi connectivity index (χ4v) is 1.87. The van der Waals surface area contributed by atoms with Crippen LogP contribution in [0.4, 0.5) is 0 Å². The Morgan fingerprint density at radius 1 is 1.16 bits per heavy atom. The summed E-state index contributed by atoms with van der Waals surface area (Å²) in [6.45, 7) is 0. The molecular weight excluding hydrogens is 276 g/mol. The molecule has 0 amide bonds. The van der Waals surface area contributed by atoms with Crippen molar-refractivity contribution >= 4 is 29.5 Å². The molecule has 0 spiro atoms. The monoisotopic (exact) mass is 286 g/mol. The smallest absolute Gasteiger partial charge is 0.336 e. The van der Waals surface area contributed by atoms with Gasteiger partial charge in [0.1, 0.15) is 0 Å². The van der Waals surface area contributed by atoms with Crippen LogP contribution in [-0.4, -0.2) is 37.2 Å². The number of rotatable bonds is 4. The van der Waals surface area contributed by atoms with Gasteiger partial charge < -0.3 is 14.6 Å². The molecule has 0 aliphatic carbocycles. The zero-order chi connectivity index (χ0) is 14.6. The van der Waals surface area contributed by atoms with E-state index >= 15 is 0 Å². The number of methoxy groups -OCH3 is 2. The molecule has 1 aromatic rings. The highest BCUT2D eigenvalue weighted by molar-refractivity contribution is 6.32. The van der Waals surface area contributed by atoms with E-state index in [1.807, 2.05) is 0 Å². The Hall–Kier alpha value is -2.08. The number of carboxylic acids is 1. The molecule has 0 aromatic heterocycles. The van der Waals surface area contributed by atoms with Crippen molar-refractivity contribution in [3.8, 4) is 0 Å². The average Bonchev–Trinajstić information content (AvgIpc) is 2.39. The minimum absolute atomic E-state index is 0.0271. The van der Waals surface area contributed by atoms with Crippen LogP contribution in [0, 0.1) is 0 Å². The quantitative estimate of drug-likeness (QED) is 0.666. The highest BCUT2D eigenvalue weighted by Gasteiger charge is 2.35. The van der Waals surface area contributed by atoms with Crippen molar-refractivity contribution in [3.05, 3.63) is 34.3 Å². The third-order valence-electron chi connectivity index (χ3n) is 2.45. The van der Waals surface area contributed by atoms with E-state index in [1.165, 1.54) is 18.2 Å². The lowest BCUT2D eigenvalue weighted by molar-refractivity contribution is -0.154. The van der Waals surface area contributed by atoms with Crippen LogP contribution in [0.25, 0.3) is 0 Å². The van der Waals surface area contributed by atoms with Gasteiger partial charge in [-0.25, -0.2) is 4.79 Å². The van der Waals surface area contributed by atoms with Crippen molar-refractivity contribution in [2.45, 2.75) is 5.92 Å². The van der Waals surface area contributed by atoms with Crippen LogP contribution in [-0.2, 0) is 19.1 Å². The number of aromatic carboxylic acids is 1. The van der Waals surface area contributed by atoms with E-state index in [9.17, 15) is 14.4 Å². The minimum atomic E-state index is -1.53. The van der Waals surface area contributed by atoms with E-state index in [0.29, 0.717) is 0 Å². The molecular formula is C12H11ClO6. The number of carbonyl (C=O) groups is 3. The maximum atomic E-state index is 11.7. The lowest BCUT2D eigenvalue weighted by atomic mass is 9.94. The van der Waals surface area contributed by atoms with Crippen LogP contribution in [0.5, 0.6) is 0 Å². The Morgan fingerprint density at radius 3 is 2.11 bits per heavy atom. The van der Waals surface area contributed by atoms with E-state index < -0.39 is 23.8 Å². The second-order valence-electron chi connectivity index (χ2n) is 3.49. The molecule has 0 aliphatic rings. The first-order valence-corrected chi connectivity index (χ1v) is 5.49. The van der Waals surface area contributed by atoms with Gasteiger partial charge in [-0.15, -0.1) is 0 Å². The van der Waals surface area contributed by atoms with Gasteiger partial charge in [0.05, 0.1) is 19.8 Å². The standard InChI is InChI=1S/C12H11ClO6/c1-18-11(16)9(12(17)19-2)8-6(10(14)15)4-3-5-7(8)13/h3-5,9H,1-2H3,(H,14,15).